The summed E-state index contributed by atoms with van der Waals surface area (Å²) in [5.41, 5.74) is 0. The van der Waals surface area contributed by atoms with Gasteiger partial charge in [-0.2, -0.15) is 22.0 Å². The van der Waals surface area contributed by atoms with Crippen LogP contribution < -0.4 is 0 Å². The summed E-state index contributed by atoms with van der Waals surface area (Å²) in [6, 6.07) is 0. The van der Waals surface area contributed by atoms with Crippen molar-refractivity contribution in [3.8, 4) is 0 Å². The minimum atomic E-state index is -4.57. The van der Waals surface area contributed by atoms with Crippen LogP contribution in [0, 0.1) is 6.43 Å². The molecule has 0 bridgehead atoms. The predicted molar refractivity (Wildman–Crippen MR) is 25.6 cm³/mol. The van der Waals surface area contributed by atoms with Gasteiger partial charge in [-0.3, -0.25) is 0 Å². The Labute approximate surface area is 59.2 Å². The molecule has 1 atom stereocenters. The van der Waals surface area contributed by atoms with Crippen LogP contribution in [0.1, 0.15) is 12.8 Å². The minimum absolute atomic E-state index is 1.20. The van der Waals surface area contributed by atoms with E-state index < -0.39 is 31.6 Å². The molecular formula is C5H5F6. The zero-order valence-electron chi connectivity index (χ0n) is 5.26. The number of halogens is 6. The molecule has 0 aliphatic heterocycles. The Morgan fingerprint density at radius 1 is 1.18 bits per heavy atom. The van der Waals surface area contributed by atoms with E-state index in [1.165, 1.54) is 0 Å². The van der Waals surface area contributed by atoms with Gasteiger partial charge in [0.25, 0.3) is 0 Å². The highest BCUT2D eigenvalue weighted by molar-refractivity contribution is 4.74. The zero-order chi connectivity index (χ0) is 9.07. The molecule has 0 aromatic rings. The van der Waals surface area contributed by atoms with Crippen molar-refractivity contribution in [1.82, 2.24) is 0 Å². The highest BCUT2D eigenvalue weighted by Crippen LogP contribution is 2.26. The molecule has 0 aliphatic carbocycles. The second-order valence-electron chi connectivity index (χ2n) is 1.91. The molecule has 0 heterocycles. The molecule has 1 unspecified atom stereocenters. The minimum Gasteiger partial charge on any atom is -0.241 e. The van der Waals surface area contributed by atoms with Crippen LogP contribution >= 0.6 is 0 Å². The lowest BCUT2D eigenvalue weighted by Crippen LogP contribution is -2.13. The Bertz CT molecular complexity index is 106. The fourth-order valence-electron chi connectivity index (χ4n) is 0.399. The van der Waals surface area contributed by atoms with Crippen LogP contribution in [0.5, 0.6) is 0 Å². The molecular weight excluding hydrogens is 174 g/mol. The van der Waals surface area contributed by atoms with Gasteiger partial charge in [0.1, 0.15) is 0 Å². The fourth-order valence-corrected chi connectivity index (χ4v) is 0.399. The van der Waals surface area contributed by atoms with Crippen molar-refractivity contribution in [1.29, 1.82) is 0 Å². The Morgan fingerprint density at radius 3 is 1.91 bits per heavy atom. The van der Waals surface area contributed by atoms with E-state index in [-0.39, 0.29) is 0 Å². The summed E-state index contributed by atoms with van der Waals surface area (Å²) < 4.78 is 67.9. The van der Waals surface area contributed by atoms with E-state index >= 15 is 0 Å². The molecule has 6 heteroatoms. The van der Waals surface area contributed by atoms with Crippen molar-refractivity contribution in [2.75, 3.05) is 0 Å². The normalized spacial score (nSPS) is 15.5. The lowest BCUT2D eigenvalue weighted by molar-refractivity contribution is -0.138. The maximum Gasteiger partial charge on any atom is 0.389 e. The summed E-state index contributed by atoms with van der Waals surface area (Å²) in [5.74, 6) is 0. The Hall–Kier alpha value is -0.420. The molecule has 11 heavy (non-hydrogen) atoms. The maximum atomic E-state index is 11.8. The van der Waals surface area contributed by atoms with Crippen LogP contribution in [0.3, 0.4) is 0 Å². The lowest BCUT2D eigenvalue weighted by atomic mass is 10.2. The van der Waals surface area contributed by atoms with Gasteiger partial charge >= 0.3 is 12.6 Å². The monoisotopic (exact) mass is 179 g/mol. The van der Waals surface area contributed by atoms with Crippen LogP contribution in [0.25, 0.3) is 0 Å². The summed E-state index contributed by atoms with van der Waals surface area (Å²) in [7, 11) is 0. The smallest absolute Gasteiger partial charge is 0.241 e. The van der Waals surface area contributed by atoms with Crippen LogP contribution in [-0.4, -0.2) is 12.3 Å². The Balaban J connectivity index is 3.54. The first-order valence-corrected chi connectivity index (χ1v) is 2.71. The van der Waals surface area contributed by atoms with Crippen LogP contribution in [0.4, 0.5) is 26.3 Å². The van der Waals surface area contributed by atoms with Gasteiger partial charge in [0, 0.05) is 6.42 Å². The summed E-state index contributed by atoms with van der Waals surface area (Å²) >= 11 is 0. The Kier molecular flexibility index (Phi) is 3.68. The average Bonchev–Trinajstić information content (AvgIpc) is 1.80. The van der Waals surface area contributed by atoms with E-state index in [9.17, 15) is 26.3 Å². The third kappa shape index (κ3) is 6.00. The summed E-state index contributed by atoms with van der Waals surface area (Å²) in [5, 5.41) is 0. The standard InChI is InChI=1S/C5H5F6/c6-3(4(7)8)1-2-5(9,10)11/h3H,1-2H2. The van der Waals surface area contributed by atoms with Gasteiger partial charge in [-0.25, -0.2) is 4.39 Å². The van der Waals surface area contributed by atoms with Crippen molar-refractivity contribution >= 4 is 0 Å². The molecule has 67 valence electrons. The van der Waals surface area contributed by atoms with E-state index in [2.05, 4.69) is 0 Å². The van der Waals surface area contributed by atoms with Crippen LogP contribution in [0.2, 0.25) is 0 Å². The van der Waals surface area contributed by atoms with Gasteiger partial charge in [0.05, 0.1) is 0 Å². The molecule has 0 N–H and O–H groups in total. The van der Waals surface area contributed by atoms with Gasteiger partial charge in [0.15, 0.2) is 6.17 Å². The molecule has 0 rings (SSSR count). The second kappa shape index (κ2) is 3.82. The molecule has 0 nitrogen and oxygen atoms in total. The number of alkyl halides is 4. The molecule has 0 aliphatic rings. The van der Waals surface area contributed by atoms with E-state index in [1.807, 2.05) is 0 Å². The molecule has 0 fully saturated rings. The van der Waals surface area contributed by atoms with Crippen LogP contribution in [0.15, 0.2) is 0 Å². The van der Waals surface area contributed by atoms with Gasteiger partial charge < -0.3 is 0 Å². The number of hydrogen-bond acceptors (Lipinski definition) is 0. The topological polar surface area (TPSA) is 0 Å². The van der Waals surface area contributed by atoms with E-state index in [0.717, 1.165) is 0 Å². The number of rotatable bonds is 3. The van der Waals surface area contributed by atoms with E-state index in [1.54, 1.807) is 0 Å². The summed E-state index contributed by atoms with van der Waals surface area (Å²) in [4.78, 5) is 0. The Morgan fingerprint density at radius 2 is 1.64 bits per heavy atom. The summed E-state index contributed by atoms with van der Waals surface area (Å²) in [6.45, 7) is 0. The van der Waals surface area contributed by atoms with Gasteiger partial charge in [-0.15, -0.1) is 0 Å². The predicted octanol–water partition coefficient (Wildman–Crippen LogP) is 3.10. The zero-order valence-corrected chi connectivity index (χ0v) is 5.26. The van der Waals surface area contributed by atoms with Crippen molar-refractivity contribution in [3.63, 3.8) is 0 Å². The van der Waals surface area contributed by atoms with Gasteiger partial charge in [-0.1, -0.05) is 0 Å². The first kappa shape index (κ1) is 10.6. The van der Waals surface area contributed by atoms with Gasteiger partial charge in [0.2, 0.25) is 0 Å². The third-order valence-corrected chi connectivity index (χ3v) is 0.918. The SMILES string of the molecule is F[C](F)C(F)CCC(F)(F)F. The molecule has 0 spiro atoms. The van der Waals surface area contributed by atoms with Crippen molar-refractivity contribution in [2.45, 2.75) is 25.2 Å². The van der Waals surface area contributed by atoms with Crippen molar-refractivity contribution in [2.24, 2.45) is 0 Å². The fraction of sp³-hybridized carbons (Fsp3) is 0.800. The van der Waals surface area contributed by atoms with E-state index in [0.29, 0.717) is 0 Å². The van der Waals surface area contributed by atoms with Gasteiger partial charge in [-0.05, 0) is 6.42 Å². The third-order valence-electron chi connectivity index (χ3n) is 0.918. The number of hydrogen-bond donors (Lipinski definition) is 0. The highest BCUT2D eigenvalue weighted by Gasteiger charge is 2.31. The van der Waals surface area contributed by atoms with Crippen LogP contribution in [-0.2, 0) is 0 Å². The first-order valence-electron chi connectivity index (χ1n) is 2.71. The van der Waals surface area contributed by atoms with Crippen molar-refractivity contribution < 1.29 is 26.3 Å². The summed E-state index contributed by atoms with van der Waals surface area (Å²) in [6.07, 6.45) is -12.7. The van der Waals surface area contributed by atoms with Crippen molar-refractivity contribution in [3.05, 3.63) is 6.43 Å². The average molecular weight is 179 g/mol. The largest absolute Gasteiger partial charge is 0.389 e. The highest BCUT2D eigenvalue weighted by atomic mass is 19.4. The van der Waals surface area contributed by atoms with E-state index in [4.69, 9.17) is 0 Å². The lowest BCUT2D eigenvalue weighted by Gasteiger charge is -2.07. The molecule has 0 amide bonds. The molecule has 0 aromatic carbocycles. The molecule has 0 saturated heterocycles. The molecule has 0 aromatic heterocycles. The second-order valence-corrected chi connectivity index (χ2v) is 1.91. The maximum absolute atomic E-state index is 11.8. The molecule has 1 radical (unpaired) electrons. The first-order chi connectivity index (χ1) is 4.83. The quantitative estimate of drug-likeness (QED) is 0.584. The molecule has 0 saturated carbocycles.